The minimum Gasteiger partial charge on any atom is -0.327 e. The number of hydrogen-bond donors (Lipinski definition) is 1. The van der Waals surface area contributed by atoms with Crippen LogP contribution < -0.4 is 5.73 Å². The van der Waals surface area contributed by atoms with Crippen LogP contribution >= 0.6 is 0 Å². The highest BCUT2D eigenvalue weighted by molar-refractivity contribution is 4.93. The van der Waals surface area contributed by atoms with Crippen molar-refractivity contribution in [3.63, 3.8) is 0 Å². The third kappa shape index (κ3) is 3.21. The molecule has 0 saturated carbocycles. The van der Waals surface area contributed by atoms with Gasteiger partial charge in [-0.1, -0.05) is 34.1 Å². The maximum Gasteiger partial charge on any atom is 0.0295 e. The maximum absolute atomic E-state index is 6.23. The van der Waals surface area contributed by atoms with Crippen molar-refractivity contribution in [1.82, 2.24) is 4.90 Å². The minimum absolute atomic E-state index is 0.257. The van der Waals surface area contributed by atoms with E-state index < -0.39 is 0 Å². The van der Waals surface area contributed by atoms with Gasteiger partial charge in [0, 0.05) is 18.1 Å². The number of piperidine rings is 1. The Hall–Kier alpha value is -0.0800. The molecule has 1 rings (SSSR count). The minimum atomic E-state index is 0.257. The molecule has 2 N–H and O–H groups in total. The summed E-state index contributed by atoms with van der Waals surface area (Å²) in [4.78, 5) is 2.69. The number of hydrogen-bond acceptors (Lipinski definition) is 2. The molecule has 2 nitrogen and oxygen atoms in total. The lowest BCUT2D eigenvalue weighted by Crippen LogP contribution is -2.58. The van der Waals surface area contributed by atoms with Crippen molar-refractivity contribution >= 4 is 0 Å². The van der Waals surface area contributed by atoms with Gasteiger partial charge in [0.15, 0.2) is 0 Å². The summed E-state index contributed by atoms with van der Waals surface area (Å²) in [6, 6.07) is 1.52. The van der Waals surface area contributed by atoms with Crippen LogP contribution in [-0.4, -0.2) is 29.6 Å². The topological polar surface area (TPSA) is 29.3 Å². The Balaban J connectivity index is 2.83. The van der Waals surface area contributed by atoms with Crippen LogP contribution in [-0.2, 0) is 0 Å². The molecule has 0 radical (unpaired) electrons. The molecule has 0 bridgehead atoms. The van der Waals surface area contributed by atoms with E-state index in [0.717, 1.165) is 6.04 Å². The lowest BCUT2D eigenvalue weighted by atomic mass is 9.79. The van der Waals surface area contributed by atoms with Crippen molar-refractivity contribution in [2.75, 3.05) is 6.54 Å². The van der Waals surface area contributed by atoms with Gasteiger partial charge in [0.2, 0.25) is 0 Å². The summed E-state index contributed by atoms with van der Waals surface area (Å²) in [7, 11) is 0. The number of nitrogens with two attached hydrogens (primary N) is 1. The van der Waals surface area contributed by atoms with E-state index in [1.165, 1.54) is 32.2 Å². The molecule has 0 aromatic carbocycles. The van der Waals surface area contributed by atoms with Crippen molar-refractivity contribution < 1.29 is 0 Å². The third-order valence-electron chi connectivity index (χ3n) is 3.89. The standard InChI is InChI=1S/C14H30N2/c1-6-12-9-7-8-10-16(12)13(11(2)15)14(3,4)5/h11-13H,6-10,15H2,1-5H3. The van der Waals surface area contributed by atoms with Gasteiger partial charge in [0.25, 0.3) is 0 Å². The molecule has 2 heteroatoms. The molecule has 3 atom stereocenters. The lowest BCUT2D eigenvalue weighted by molar-refractivity contribution is 0.0204. The van der Waals surface area contributed by atoms with Gasteiger partial charge >= 0.3 is 0 Å². The second kappa shape index (κ2) is 5.50. The molecule has 1 heterocycles. The SMILES string of the molecule is CCC1CCCCN1C(C(C)N)C(C)(C)C. The molecule has 0 aliphatic carbocycles. The Bertz CT molecular complexity index is 205. The van der Waals surface area contributed by atoms with Gasteiger partial charge in [-0.3, -0.25) is 4.90 Å². The van der Waals surface area contributed by atoms with E-state index in [2.05, 4.69) is 39.5 Å². The van der Waals surface area contributed by atoms with E-state index in [1.807, 2.05) is 0 Å². The van der Waals surface area contributed by atoms with Gasteiger partial charge in [0.1, 0.15) is 0 Å². The maximum atomic E-state index is 6.23. The quantitative estimate of drug-likeness (QED) is 0.801. The van der Waals surface area contributed by atoms with E-state index in [9.17, 15) is 0 Å². The molecule has 0 amide bonds. The van der Waals surface area contributed by atoms with Crippen molar-refractivity contribution in [3.05, 3.63) is 0 Å². The van der Waals surface area contributed by atoms with Crippen molar-refractivity contribution in [3.8, 4) is 0 Å². The predicted octanol–water partition coefficient (Wildman–Crippen LogP) is 3.01. The normalized spacial score (nSPS) is 27.8. The molecule has 96 valence electrons. The van der Waals surface area contributed by atoms with Gasteiger partial charge in [-0.15, -0.1) is 0 Å². The summed E-state index contributed by atoms with van der Waals surface area (Å²) >= 11 is 0. The van der Waals surface area contributed by atoms with Crippen molar-refractivity contribution in [2.24, 2.45) is 11.1 Å². The second-order valence-corrected chi connectivity index (χ2v) is 6.47. The van der Waals surface area contributed by atoms with E-state index in [4.69, 9.17) is 5.73 Å². The average molecular weight is 226 g/mol. The molecular formula is C14H30N2. The van der Waals surface area contributed by atoms with Gasteiger partial charge in [-0.25, -0.2) is 0 Å². The number of rotatable bonds is 3. The first-order chi connectivity index (χ1) is 7.38. The third-order valence-corrected chi connectivity index (χ3v) is 3.89. The first kappa shape index (κ1) is 14.0. The Morgan fingerprint density at radius 1 is 1.31 bits per heavy atom. The van der Waals surface area contributed by atoms with Crippen molar-refractivity contribution in [1.29, 1.82) is 0 Å². The number of likely N-dealkylation sites (tertiary alicyclic amines) is 1. The molecule has 1 saturated heterocycles. The van der Waals surface area contributed by atoms with E-state index >= 15 is 0 Å². The Morgan fingerprint density at radius 3 is 2.38 bits per heavy atom. The highest BCUT2D eigenvalue weighted by atomic mass is 15.2. The zero-order chi connectivity index (χ0) is 12.3. The first-order valence-electron chi connectivity index (χ1n) is 6.89. The van der Waals surface area contributed by atoms with Crippen LogP contribution in [0.25, 0.3) is 0 Å². The van der Waals surface area contributed by atoms with Crippen LogP contribution in [0.5, 0.6) is 0 Å². The molecular weight excluding hydrogens is 196 g/mol. The number of nitrogens with zero attached hydrogens (tertiary/aromatic N) is 1. The van der Waals surface area contributed by atoms with Crippen LogP contribution in [0.3, 0.4) is 0 Å². The van der Waals surface area contributed by atoms with E-state index in [0.29, 0.717) is 6.04 Å². The zero-order valence-corrected chi connectivity index (χ0v) is 11.8. The highest BCUT2D eigenvalue weighted by Crippen LogP contribution is 2.32. The molecule has 16 heavy (non-hydrogen) atoms. The van der Waals surface area contributed by atoms with Crippen LogP contribution in [0.1, 0.15) is 60.3 Å². The molecule has 3 unspecified atom stereocenters. The van der Waals surface area contributed by atoms with Gasteiger partial charge < -0.3 is 5.73 Å². The summed E-state index contributed by atoms with van der Waals surface area (Å²) < 4.78 is 0. The first-order valence-corrected chi connectivity index (χ1v) is 6.89. The molecule has 1 fully saturated rings. The van der Waals surface area contributed by atoms with Crippen LogP contribution in [0, 0.1) is 5.41 Å². The summed E-state index contributed by atoms with van der Waals surface area (Å²) in [5.41, 5.74) is 6.51. The van der Waals surface area contributed by atoms with E-state index in [-0.39, 0.29) is 11.5 Å². The smallest absolute Gasteiger partial charge is 0.0295 e. The largest absolute Gasteiger partial charge is 0.327 e. The predicted molar refractivity (Wildman–Crippen MR) is 71.5 cm³/mol. The Labute approximate surface area is 102 Å². The zero-order valence-electron chi connectivity index (χ0n) is 11.8. The highest BCUT2D eigenvalue weighted by Gasteiger charge is 2.37. The van der Waals surface area contributed by atoms with Crippen molar-refractivity contribution in [2.45, 2.75) is 78.4 Å². The molecule has 1 aliphatic rings. The summed E-state index contributed by atoms with van der Waals surface area (Å²) in [5.74, 6) is 0. The van der Waals surface area contributed by atoms with Gasteiger partial charge in [-0.05, 0) is 38.1 Å². The van der Waals surface area contributed by atoms with Crippen LogP contribution in [0.2, 0.25) is 0 Å². The average Bonchev–Trinajstić information content (AvgIpc) is 2.15. The van der Waals surface area contributed by atoms with Crippen LogP contribution in [0.4, 0.5) is 0 Å². The lowest BCUT2D eigenvalue weighted by Gasteiger charge is -2.48. The fraction of sp³-hybridized carbons (Fsp3) is 1.00. The van der Waals surface area contributed by atoms with Crippen LogP contribution in [0.15, 0.2) is 0 Å². The summed E-state index contributed by atoms with van der Waals surface area (Å²) in [5, 5.41) is 0. The Kier molecular flexibility index (Phi) is 4.81. The van der Waals surface area contributed by atoms with E-state index in [1.54, 1.807) is 0 Å². The fourth-order valence-corrected chi connectivity index (χ4v) is 3.42. The molecule has 0 spiro atoms. The summed E-state index contributed by atoms with van der Waals surface area (Å²) in [6.07, 6.45) is 5.36. The molecule has 1 aliphatic heterocycles. The monoisotopic (exact) mass is 226 g/mol. The Morgan fingerprint density at radius 2 is 1.94 bits per heavy atom. The summed E-state index contributed by atoms with van der Waals surface area (Å²) in [6.45, 7) is 12.7. The van der Waals surface area contributed by atoms with Gasteiger partial charge in [-0.2, -0.15) is 0 Å². The molecule has 0 aromatic rings. The van der Waals surface area contributed by atoms with Gasteiger partial charge in [0.05, 0.1) is 0 Å². The fourth-order valence-electron chi connectivity index (χ4n) is 3.42. The second-order valence-electron chi connectivity index (χ2n) is 6.47. The molecule has 0 aromatic heterocycles.